The molecule has 0 aromatic rings. The Bertz CT molecular complexity index is 154. The highest BCUT2D eigenvalue weighted by Gasteiger charge is 2.22. The lowest BCUT2D eigenvalue weighted by molar-refractivity contribution is 0.320. The second-order valence-corrected chi connectivity index (χ2v) is 4.59. The third-order valence-electron chi connectivity index (χ3n) is 3.39. The molecule has 2 fully saturated rings. The van der Waals surface area contributed by atoms with Crippen LogP contribution in [-0.2, 0) is 0 Å². The fourth-order valence-electron chi connectivity index (χ4n) is 2.16. The SMILES string of the molecule is CCC1CCN(CCNC2CC2)C1. The molecular weight excluding hydrogens is 160 g/mol. The molecule has 13 heavy (non-hydrogen) atoms. The molecule has 2 rings (SSSR count). The first-order valence-electron chi connectivity index (χ1n) is 5.84. The standard InChI is InChI=1S/C11H22N2/c1-2-10-5-7-13(9-10)8-6-12-11-3-4-11/h10-12H,2-9H2,1H3. The van der Waals surface area contributed by atoms with E-state index in [0.717, 1.165) is 12.0 Å². The number of rotatable bonds is 5. The van der Waals surface area contributed by atoms with Crippen molar-refractivity contribution in [3.63, 3.8) is 0 Å². The Hall–Kier alpha value is -0.0800. The van der Waals surface area contributed by atoms with Crippen LogP contribution in [0, 0.1) is 5.92 Å². The number of nitrogens with one attached hydrogen (secondary N) is 1. The van der Waals surface area contributed by atoms with E-state index in [-0.39, 0.29) is 0 Å². The van der Waals surface area contributed by atoms with E-state index >= 15 is 0 Å². The van der Waals surface area contributed by atoms with Gasteiger partial charge in [0, 0.05) is 25.7 Å². The average molecular weight is 182 g/mol. The van der Waals surface area contributed by atoms with Gasteiger partial charge in [-0.25, -0.2) is 0 Å². The summed E-state index contributed by atoms with van der Waals surface area (Å²) in [5.41, 5.74) is 0. The highest BCUT2D eigenvalue weighted by atomic mass is 15.2. The van der Waals surface area contributed by atoms with Crippen molar-refractivity contribution in [1.82, 2.24) is 10.2 Å². The van der Waals surface area contributed by atoms with Crippen molar-refractivity contribution < 1.29 is 0 Å². The molecule has 1 aliphatic carbocycles. The summed E-state index contributed by atoms with van der Waals surface area (Å²) in [6, 6.07) is 0.879. The molecule has 0 amide bonds. The zero-order valence-corrected chi connectivity index (χ0v) is 8.76. The van der Waals surface area contributed by atoms with Crippen molar-refractivity contribution in [2.75, 3.05) is 26.2 Å². The first-order valence-corrected chi connectivity index (χ1v) is 5.84. The van der Waals surface area contributed by atoms with Gasteiger partial charge in [-0.15, -0.1) is 0 Å². The van der Waals surface area contributed by atoms with Crippen LogP contribution in [0.25, 0.3) is 0 Å². The van der Waals surface area contributed by atoms with Gasteiger partial charge in [0.1, 0.15) is 0 Å². The normalized spacial score (nSPS) is 29.8. The van der Waals surface area contributed by atoms with Crippen LogP contribution in [0.1, 0.15) is 32.6 Å². The Morgan fingerprint density at radius 2 is 2.15 bits per heavy atom. The lowest BCUT2D eigenvalue weighted by Gasteiger charge is -2.15. The number of nitrogens with zero attached hydrogens (tertiary/aromatic N) is 1. The molecule has 1 atom stereocenters. The Morgan fingerprint density at radius 3 is 2.77 bits per heavy atom. The van der Waals surface area contributed by atoms with Crippen LogP contribution in [0.4, 0.5) is 0 Å². The van der Waals surface area contributed by atoms with Gasteiger partial charge in [-0.2, -0.15) is 0 Å². The molecule has 1 unspecified atom stereocenters. The summed E-state index contributed by atoms with van der Waals surface area (Å²) < 4.78 is 0. The van der Waals surface area contributed by atoms with Crippen molar-refractivity contribution in [3.05, 3.63) is 0 Å². The van der Waals surface area contributed by atoms with Crippen molar-refractivity contribution in [2.24, 2.45) is 5.92 Å². The van der Waals surface area contributed by atoms with Crippen LogP contribution in [-0.4, -0.2) is 37.1 Å². The molecule has 1 saturated heterocycles. The maximum atomic E-state index is 3.57. The minimum Gasteiger partial charge on any atom is -0.313 e. The Kier molecular flexibility index (Phi) is 3.23. The second-order valence-electron chi connectivity index (χ2n) is 4.59. The predicted molar refractivity (Wildman–Crippen MR) is 55.9 cm³/mol. The summed E-state index contributed by atoms with van der Waals surface area (Å²) in [6.07, 6.45) is 5.63. The van der Waals surface area contributed by atoms with Gasteiger partial charge in [-0.05, 0) is 31.7 Å². The van der Waals surface area contributed by atoms with Gasteiger partial charge in [0.2, 0.25) is 0 Å². The van der Waals surface area contributed by atoms with Crippen molar-refractivity contribution >= 4 is 0 Å². The van der Waals surface area contributed by atoms with Crippen LogP contribution in [0.15, 0.2) is 0 Å². The summed E-state index contributed by atoms with van der Waals surface area (Å²) in [4.78, 5) is 2.61. The number of hydrogen-bond acceptors (Lipinski definition) is 2. The molecule has 0 aromatic heterocycles. The maximum absolute atomic E-state index is 3.57. The molecule has 0 spiro atoms. The Morgan fingerprint density at radius 1 is 1.31 bits per heavy atom. The van der Waals surface area contributed by atoms with E-state index < -0.39 is 0 Å². The van der Waals surface area contributed by atoms with Gasteiger partial charge >= 0.3 is 0 Å². The van der Waals surface area contributed by atoms with E-state index in [2.05, 4.69) is 17.1 Å². The van der Waals surface area contributed by atoms with Crippen LogP contribution in [0.2, 0.25) is 0 Å². The van der Waals surface area contributed by atoms with E-state index in [1.54, 1.807) is 0 Å². The highest BCUT2D eigenvalue weighted by molar-refractivity contribution is 4.82. The van der Waals surface area contributed by atoms with E-state index in [1.165, 1.54) is 51.9 Å². The second kappa shape index (κ2) is 4.43. The van der Waals surface area contributed by atoms with Crippen molar-refractivity contribution in [1.29, 1.82) is 0 Å². The fraction of sp³-hybridized carbons (Fsp3) is 1.00. The van der Waals surface area contributed by atoms with E-state index in [9.17, 15) is 0 Å². The smallest absolute Gasteiger partial charge is 0.0107 e. The molecule has 1 heterocycles. The topological polar surface area (TPSA) is 15.3 Å². The van der Waals surface area contributed by atoms with Gasteiger partial charge in [0.05, 0.1) is 0 Å². The minimum atomic E-state index is 0.879. The molecule has 2 heteroatoms. The lowest BCUT2D eigenvalue weighted by Crippen LogP contribution is -2.31. The molecule has 76 valence electrons. The van der Waals surface area contributed by atoms with Gasteiger partial charge < -0.3 is 10.2 Å². The molecule has 0 bridgehead atoms. The quantitative estimate of drug-likeness (QED) is 0.692. The molecule has 0 radical (unpaired) electrons. The predicted octanol–water partition coefficient (Wildman–Crippen LogP) is 1.47. The zero-order valence-electron chi connectivity index (χ0n) is 8.76. The van der Waals surface area contributed by atoms with Crippen molar-refractivity contribution in [2.45, 2.75) is 38.6 Å². The minimum absolute atomic E-state index is 0.879. The van der Waals surface area contributed by atoms with Crippen LogP contribution in [0.3, 0.4) is 0 Å². The third kappa shape index (κ3) is 2.96. The Balaban J connectivity index is 1.54. The fourth-order valence-corrected chi connectivity index (χ4v) is 2.16. The molecule has 1 aliphatic heterocycles. The molecule has 1 N–H and O–H groups in total. The summed E-state index contributed by atoms with van der Waals surface area (Å²) in [7, 11) is 0. The lowest BCUT2D eigenvalue weighted by atomic mass is 10.1. The van der Waals surface area contributed by atoms with Crippen LogP contribution in [0.5, 0.6) is 0 Å². The molecule has 0 aromatic carbocycles. The maximum Gasteiger partial charge on any atom is 0.0107 e. The van der Waals surface area contributed by atoms with E-state index in [0.29, 0.717) is 0 Å². The van der Waals surface area contributed by atoms with Gasteiger partial charge in [-0.3, -0.25) is 0 Å². The van der Waals surface area contributed by atoms with E-state index in [1.807, 2.05) is 0 Å². The average Bonchev–Trinajstić information content (AvgIpc) is 2.84. The first kappa shape index (κ1) is 9.47. The van der Waals surface area contributed by atoms with Crippen molar-refractivity contribution in [3.8, 4) is 0 Å². The van der Waals surface area contributed by atoms with Crippen LogP contribution < -0.4 is 5.32 Å². The largest absolute Gasteiger partial charge is 0.313 e. The molecule has 1 saturated carbocycles. The zero-order chi connectivity index (χ0) is 9.10. The highest BCUT2D eigenvalue weighted by Crippen LogP contribution is 2.20. The van der Waals surface area contributed by atoms with Gasteiger partial charge in [-0.1, -0.05) is 13.3 Å². The van der Waals surface area contributed by atoms with E-state index in [4.69, 9.17) is 0 Å². The monoisotopic (exact) mass is 182 g/mol. The first-order chi connectivity index (χ1) is 6.38. The van der Waals surface area contributed by atoms with Gasteiger partial charge in [0.15, 0.2) is 0 Å². The molecule has 2 aliphatic rings. The summed E-state index contributed by atoms with van der Waals surface area (Å²) in [6.45, 7) is 7.48. The summed E-state index contributed by atoms with van der Waals surface area (Å²) in [5, 5.41) is 3.57. The summed E-state index contributed by atoms with van der Waals surface area (Å²) in [5.74, 6) is 0.987. The number of hydrogen-bond donors (Lipinski definition) is 1. The molecule has 2 nitrogen and oxygen atoms in total. The summed E-state index contributed by atoms with van der Waals surface area (Å²) >= 11 is 0. The third-order valence-corrected chi connectivity index (χ3v) is 3.39. The number of likely N-dealkylation sites (tertiary alicyclic amines) is 1. The molecular formula is C11H22N2. The van der Waals surface area contributed by atoms with Crippen LogP contribution >= 0.6 is 0 Å². The Labute approximate surface area is 81.7 Å². The van der Waals surface area contributed by atoms with Gasteiger partial charge in [0.25, 0.3) is 0 Å².